The molecule has 0 bridgehead atoms. The van der Waals surface area contributed by atoms with Crippen LogP contribution in [0.25, 0.3) is 0 Å². The molecule has 88 valence electrons. The Kier molecular flexibility index (Phi) is 3.06. The Balaban J connectivity index is 2.00. The highest BCUT2D eigenvalue weighted by Crippen LogP contribution is 2.47. The zero-order valence-corrected chi connectivity index (χ0v) is 10.3. The maximum absolute atomic E-state index is 5.21. The van der Waals surface area contributed by atoms with Crippen molar-refractivity contribution in [3.8, 4) is 0 Å². The molecule has 3 heteroatoms. The molecular weight excluding hydrogens is 188 g/mol. The van der Waals surface area contributed by atoms with Crippen LogP contribution < -0.4 is 5.32 Å². The quantitative estimate of drug-likeness (QED) is 0.758. The highest BCUT2D eigenvalue weighted by atomic mass is 16.5. The monoisotopic (exact) mass is 212 g/mol. The molecule has 0 radical (unpaired) electrons. The van der Waals surface area contributed by atoms with Gasteiger partial charge in [-0.15, -0.1) is 0 Å². The van der Waals surface area contributed by atoms with Crippen molar-refractivity contribution in [3.05, 3.63) is 0 Å². The molecule has 2 rings (SSSR count). The lowest BCUT2D eigenvalue weighted by Gasteiger charge is -2.37. The van der Waals surface area contributed by atoms with E-state index in [0.717, 1.165) is 19.7 Å². The summed E-state index contributed by atoms with van der Waals surface area (Å²) in [5, 5.41) is 3.61. The van der Waals surface area contributed by atoms with Crippen LogP contribution >= 0.6 is 0 Å². The first-order valence-electron chi connectivity index (χ1n) is 6.03. The Morgan fingerprint density at radius 2 is 2.00 bits per heavy atom. The van der Waals surface area contributed by atoms with Gasteiger partial charge in [0.25, 0.3) is 0 Å². The fourth-order valence-electron chi connectivity index (χ4n) is 2.52. The second kappa shape index (κ2) is 4.04. The second-order valence-corrected chi connectivity index (χ2v) is 5.83. The molecule has 1 spiro atoms. The minimum Gasteiger partial charge on any atom is -0.383 e. The summed E-state index contributed by atoms with van der Waals surface area (Å²) in [5.41, 5.74) is 0.867. The van der Waals surface area contributed by atoms with E-state index in [9.17, 15) is 0 Å². The predicted octanol–water partition coefficient (Wildman–Crippen LogP) is 1.10. The molecule has 0 atom stereocenters. The molecule has 1 aliphatic carbocycles. The van der Waals surface area contributed by atoms with Gasteiger partial charge in [0.15, 0.2) is 0 Å². The Morgan fingerprint density at radius 1 is 1.27 bits per heavy atom. The van der Waals surface area contributed by atoms with Crippen molar-refractivity contribution in [3.63, 3.8) is 0 Å². The van der Waals surface area contributed by atoms with Crippen molar-refractivity contribution < 1.29 is 4.74 Å². The summed E-state index contributed by atoms with van der Waals surface area (Å²) in [6.45, 7) is 10.1. The number of rotatable bonds is 3. The lowest BCUT2D eigenvalue weighted by atomic mass is 10.0. The van der Waals surface area contributed by atoms with Gasteiger partial charge in [0.1, 0.15) is 0 Å². The number of ether oxygens (including phenoxy) is 1. The Morgan fingerprint density at radius 3 is 2.60 bits per heavy atom. The van der Waals surface area contributed by atoms with Gasteiger partial charge >= 0.3 is 0 Å². The smallest absolute Gasteiger partial charge is 0.0589 e. The summed E-state index contributed by atoms with van der Waals surface area (Å²) in [5.74, 6) is 0. The van der Waals surface area contributed by atoms with Crippen molar-refractivity contribution in [1.82, 2.24) is 10.2 Å². The topological polar surface area (TPSA) is 24.5 Å². The van der Waals surface area contributed by atoms with E-state index in [4.69, 9.17) is 4.74 Å². The predicted molar refractivity (Wildman–Crippen MR) is 62.1 cm³/mol. The first-order valence-corrected chi connectivity index (χ1v) is 6.03. The third kappa shape index (κ3) is 2.52. The zero-order chi connectivity index (χ0) is 10.9. The average Bonchev–Trinajstić information content (AvgIpc) is 2.93. The third-order valence-corrected chi connectivity index (χ3v) is 3.96. The molecule has 2 aliphatic rings. The van der Waals surface area contributed by atoms with E-state index < -0.39 is 0 Å². The summed E-state index contributed by atoms with van der Waals surface area (Å²) < 4.78 is 5.21. The van der Waals surface area contributed by atoms with Crippen molar-refractivity contribution in [2.75, 3.05) is 39.9 Å². The molecule has 1 heterocycles. The molecule has 0 unspecified atom stereocenters. The van der Waals surface area contributed by atoms with E-state index in [1.807, 2.05) is 0 Å². The number of methoxy groups -OCH3 is 1. The van der Waals surface area contributed by atoms with Crippen molar-refractivity contribution in [2.24, 2.45) is 5.41 Å². The maximum atomic E-state index is 5.21. The van der Waals surface area contributed by atoms with Crippen LogP contribution in [0, 0.1) is 5.41 Å². The summed E-state index contributed by atoms with van der Waals surface area (Å²) >= 11 is 0. The summed E-state index contributed by atoms with van der Waals surface area (Å²) in [6.07, 6.45) is 2.80. The number of nitrogens with zero attached hydrogens (tertiary/aromatic N) is 1. The fourth-order valence-corrected chi connectivity index (χ4v) is 2.52. The third-order valence-electron chi connectivity index (χ3n) is 3.96. The number of hydrogen-bond acceptors (Lipinski definition) is 3. The minimum absolute atomic E-state index is 0.268. The van der Waals surface area contributed by atoms with E-state index >= 15 is 0 Å². The molecule has 1 N–H and O–H groups in total. The van der Waals surface area contributed by atoms with Crippen LogP contribution in [0.2, 0.25) is 0 Å². The van der Waals surface area contributed by atoms with Gasteiger partial charge in [0, 0.05) is 38.8 Å². The highest BCUT2D eigenvalue weighted by molar-refractivity contribution is 5.02. The number of nitrogens with one attached hydrogen (secondary N) is 1. The van der Waals surface area contributed by atoms with Crippen LogP contribution in [-0.2, 0) is 4.74 Å². The lowest BCUT2D eigenvalue weighted by molar-refractivity contribution is 0.0741. The molecule has 0 aromatic carbocycles. The van der Waals surface area contributed by atoms with Crippen LogP contribution in [0.5, 0.6) is 0 Å². The molecule has 2 fully saturated rings. The van der Waals surface area contributed by atoms with Gasteiger partial charge in [-0.3, -0.25) is 4.90 Å². The molecule has 3 nitrogen and oxygen atoms in total. The lowest BCUT2D eigenvalue weighted by Crippen LogP contribution is -2.50. The molecular formula is C12H24N2O. The maximum Gasteiger partial charge on any atom is 0.0589 e. The van der Waals surface area contributed by atoms with Crippen LogP contribution in [0.4, 0.5) is 0 Å². The molecule has 0 amide bonds. The SMILES string of the molecule is COCCN1CC2(CC2)CNCC1(C)C. The van der Waals surface area contributed by atoms with Gasteiger partial charge in [-0.05, 0) is 32.1 Å². The average molecular weight is 212 g/mol. The first-order chi connectivity index (χ1) is 7.08. The minimum atomic E-state index is 0.268. The Hall–Kier alpha value is -0.120. The van der Waals surface area contributed by atoms with Crippen LogP contribution in [0.1, 0.15) is 26.7 Å². The number of hydrogen-bond donors (Lipinski definition) is 1. The second-order valence-electron chi connectivity index (χ2n) is 5.83. The van der Waals surface area contributed by atoms with Crippen molar-refractivity contribution in [1.29, 1.82) is 0 Å². The molecule has 1 aliphatic heterocycles. The van der Waals surface area contributed by atoms with Gasteiger partial charge in [0.2, 0.25) is 0 Å². The molecule has 15 heavy (non-hydrogen) atoms. The molecule has 1 saturated carbocycles. The molecule has 0 aromatic rings. The van der Waals surface area contributed by atoms with Gasteiger partial charge in [-0.2, -0.15) is 0 Å². The fraction of sp³-hybridized carbons (Fsp3) is 1.00. The highest BCUT2D eigenvalue weighted by Gasteiger charge is 2.47. The molecule has 1 saturated heterocycles. The van der Waals surface area contributed by atoms with Crippen molar-refractivity contribution in [2.45, 2.75) is 32.2 Å². The van der Waals surface area contributed by atoms with E-state index in [1.54, 1.807) is 7.11 Å². The first kappa shape index (κ1) is 11.4. The summed E-state index contributed by atoms with van der Waals surface area (Å²) in [4.78, 5) is 2.60. The largest absolute Gasteiger partial charge is 0.383 e. The van der Waals surface area contributed by atoms with E-state index in [2.05, 4.69) is 24.1 Å². The molecule has 0 aromatic heterocycles. The van der Waals surface area contributed by atoms with Crippen LogP contribution in [0.15, 0.2) is 0 Å². The Labute approximate surface area is 93.2 Å². The van der Waals surface area contributed by atoms with E-state index in [1.165, 1.54) is 25.9 Å². The van der Waals surface area contributed by atoms with Crippen LogP contribution in [-0.4, -0.2) is 50.3 Å². The van der Waals surface area contributed by atoms with Gasteiger partial charge in [-0.1, -0.05) is 0 Å². The summed E-state index contributed by atoms with van der Waals surface area (Å²) in [6, 6.07) is 0. The van der Waals surface area contributed by atoms with Gasteiger partial charge in [-0.25, -0.2) is 0 Å². The van der Waals surface area contributed by atoms with Gasteiger partial charge < -0.3 is 10.1 Å². The summed E-state index contributed by atoms with van der Waals surface area (Å²) in [7, 11) is 1.79. The van der Waals surface area contributed by atoms with Crippen LogP contribution in [0.3, 0.4) is 0 Å². The Bertz CT molecular complexity index is 224. The van der Waals surface area contributed by atoms with Gasteiger partial charge in [0.05, 0.1) is 6.61 Å². The standard InChI is InChI=1S/C12H24N2O/c1-11(2)8-13-9-12(4-5-12)10-14(11)6-7-15-3/h13H,4-10H2,1-3H3. The normalized spacial score (nSPS) is 29.0. The van der Waals surface area contributed by atoms with E-state index in [-0.39, 0.29) is 5.54 Å². The zero-order valence-electron chi connectivity index (χ0n) is 10.3. The van der Waals surface area contributed by atoms with Crippen molar-refractivity contribution >= 4 is 0 Å². The van der Waals surface area contributed by atoms with E-state index in [0.29, 0.717) is 5.41 Å².